The monoisotopic (exact) mass is 589 g/mol. The second-order valence-electron chi connectivity index (χ2n) is 9.21. The molecule has 0 bridgehead atoms. The summed E-state index contributed by atoms with van der Waals surface area (Å²) in [6.07, 6.45) is 2.97. The topological polar surface area (TPSA) is 86.8 Å². The van der Waals surface area contributed by atoms with E-state index in [1.165, 1.54) is 4.90 Å². The number of nitrogens with one attached hydrogen (secondary N) is 1. The van der Waals surface area contributed by atoms with E-state index in [0.29, 0.717) is 27.8 Å². The Morgan fingerprint density at radius 2 is 1.59 bits per heavy atom. The van der Waals surface area contributed by atoms with E-state index < -0.39 is 28.5 Å². The molecular weight excluding hydrogens is 557 g/mol. The van der Waals surface area contributed by atoms with E-state index in [4.69, 9.17) is 23.2 Å². The number of nitrogens with zero attached hydrogens (tertiary/aromatic N) is 2. The van der Waals surface area contributed by atoms with Gasteiger partial charge in [0.25, 0.3) is 0 Å². The van der Waals surface area contributed by atoms with Gasteiger partial charge in [-0.2, -0.15) is 0 Å². The molecule has 0 spiro atoms. The van der Waals surface area contributed by atoms with Crippen molar-refractivity contribution in [2.45, 2.75) is 38.8 Å². The molecule has 1 atom stereocenters. The zero-order chi connectivity index (χ0) is 28.4. The number of hydrogen-bond acceptors (Lipinski definition) is 4. The Morgan fingerprint density at radius 1 is 0.949 bits per heavy atom. The van der Waals surface area contributed by atoms with Crippen molar-refractivity contribution in [2.75, 3.05) is 23.7 Å². The smallest absolute Gasteiger partial charge is 0.244 e. The first-order valence-electron chi connectivity index (χ1n) is 12.7. The van der Waals surface area contributed by atoms with Gasteiger partial charge in [-0.3, -0.25) is 13.9 Å². The Morgan fingerprint density at radius 3 is 2.18 bits per heavy atom. The number of sulfonamides is 1. The van der Waals surface area contributed by atoms with E-state index in [9.17, 15) is 18.0 Å². The van der Waals surface area contributed by atoms with Crippen LogP contribution in [-0.2, 0) is 32.6 Å². The Hall–Kier alpha value is -3.07. The SMILES string of the molecule is CCCCNC(=O)C(Cc1ccccc1)N(Cc1ccc(Cl)cc1Cl)C(=O)CN(c1ccccc1)S(C)(=O)=O. The van der Waals surface area contributed by atoms with Gasteiger partial charge in [0.1, 0.15) is 12.6 Å². The third-order valence-corrected chi connectivity index (χ3v) is 7.91. The zero-order valence-electron chi connectivity index (χ0n) is 22.0. The highest BCUT2D eigenvalue weighted by Gasteiger charge is 2.33. The molecule has 10 heteroatoms. The fourth-order valence-electron chi connectivity index (χ4n) is 4.10. The average molecular weight is 591 g/mol. The van der Waals surface area contributed by atoms with Crippen LogP contribution in [0, 0.1) is 0 Å². The maximum Gasteiger partial charge on any atom is 0.244 e. The van der Waals surface area contributed by atoms with Crippen LogP contribution in [0.2, 0.25) is 10.0 Å². The lowest BCUT2D eigenvalue weighted by Gasteiger charge is -2.33. The van der Waals surface area contributed by atoms with Gasteiger partial charge in [-0.15, -0.1) is 0 Å². The average Bonchev–Trinajstić information content (AvgIpc) is 2.90. The van der Waals surface area contributed by atoms with Crippen LogP contribution in [0.25, 0.3) is 0 Å². The van der Waals surface area contributed by atoms with Crippen molar-refractivity contribution in [3.05, 3.63) is 100 Å². The van der Waals surface area contributed by atoms with Crippen molar-refractivity contribution >= 4 is 50.7 Å². The highest BCUT2D eigenvalue weighted by atomic mass is 35.5. The normalized spacial score (nSPS) is 12.0. The number of rotatable bonds is 13. The highest BCUT2D eigenvalue weighted by molar-refractivity contribution is 7.92. The molecular formula is C29H33Cl2N3O4S. The number of hydrogen-bond donors (Lipinski definition) is 1. The van der Waals surface area contributed by atoms with Gasteiger partial charge in [0.15, 0.2) is 0 Å². The van der Waals surface area contributed by atoms with Gasteiger partial charge in [-0.05, 0) is 41.8 Å². The van der Waals surface area contributed by atoms with Gasteiger partial charge in [0.2, 0.25) is 21.8 Å². The zero-order valence-corrected chi connectivity index (χ0v) is 24.3. The van der Waals surface area contributed by atoms with E-state index in [1.54, 1.807) is 48.5 Å². The van der Waals surface area contributed by atoms with Crippen LogP contribution in [0.15, 0.2) is 78.9 Å². The summed E-state index contributed by atoms with van der Waals surface area (Å²) in [7, 11) is -3.81. The molecule has 0 aliphatic heterocycles. The van der Waals surface area contributed by atoms with Crippen LogP contribution in [0.3, 0.4) is 0 Å². The number of benzene rings is 3. The molecule has 39 heavy (non-hydrogen) atoms. The molecule has 7 nitrogen and oxygen atoms in total. The number of carbonyl (C=O) groups excluding carboxylic acids is 2. The second kappa shape index (κ2) is 14.4. The van der Waals surface area contributed by atoms with Gasteiger partial charge in [0.05, 0.1) is 11.9 Å². The summed E-state index contributed by atoms with van der Waals surface area (Å²) in [5.74, 6) is -0.863. The van der Waals surface area contributed by atoms with Crippen LogP contribution in [-0.4, -0.2) is 50.5 Å². The van der Waals surface area contributed by atoms with E-state index in [0.717, 1.165) is 29.0 Å². The fourth-order valence-corrected chi connectivity index (χ4v) is 5.42. The first kappa shape index (κ1) is 30.5. The van der Waals surface area contributed by atoms with E-state index in [-0.39, 0.29) is 18.9 Å². The van der Waals surface area contributed by atoms with Gasteiger partial charge < -0.3 is 10.2 Å². The molecule has 0 saturated carbocycles. The first-order valence-corrected chi connectivity index (χ1v) is 15.3. The summed E-state index contributed by atoms with van der Waals surface area (Å²) < 4.78 is 26.5. The molecule has 2 amide bonds. The Balaban J connectivity index is 2.04. The lowest BCUT2D eigenvalue weighted by molar-refractivity contribution is -0.140. The molecule has 0 heterocycles. The minimum Gasteiger partial charge on any atom is -0.354 e. The van der Waals surface area contributed by atoms with Gasteiger partial charge >= 0.3 is 0 Å². The number of amides is 2. The summed E-state index contributed by atoms with van der Waals surface area (Å²) in [4.78, 5) is 29.0. The predicted molar refractivity (Wildman–Crippen MR) is 157 cm³/mol. The minimum atomic E-state index is -3.81. The minimum absolute atomic E-state index is 0.0140. The van der Waals surface area contributed by atoms with Crippen LogP contribution < -0.4 is 9.62 Å². The largest absolute Gasteiger partial charge is 0.354 e. The van der Waals surface area contributed by atoms with E-state index >= 15 is 0 Å². The van der Waals surface area contributed by atoms with Crippen molar-refractivity contribution in [3.63, 3.8) is 0 Å². The molecule has 0 saturated heterocycles. The predicted octanol–water partition coefficient (Wildman–Crippen LogP) is 5.32. The summed E-state index contributed by atoms with van der Waals surface area (Å²) >= 11 is 12.6. The number of unbranched alkanes of at least 4 members (excludes halogenated alkanes) is 1. The Kier molecular flexibility index (Phi) is 11.2. The van der Waals surface area contributed by atoms with Crippen LogP contribution >= 0.6 is 23.2 Å². The molecule has 208 valence electrons. The quantitative estimate of drug-likeness (QED) is 0.273. The highest BCUT2D eigenvalue weighted by Crippen LogP contribution is 2.25. The second-order valence-corrected chi connectivity index (χ2v) is 12.0. The van der Waals surface area contributed by atoms with Gasteiger partial charge in [-0.25, -0.2) is 8.42 Å². The lowest BCUT2D eigenvalue weighted by Crippen LogP contribution is -2.53. The number of anilines is 1. The van der Waals surface area contributed by atoms with Crippen molar-refractivity contribution in [2.24, 2.45) is 0 Å². The molecule has 3 aromatic carbocycles. The van der Waals surface area contributed by atoms with Crippen molar-refractivity contribution in [1.82, 2.24) is 10.2 Å². The van der Waals surface area contributed by atoms with Gasteiger partial charge in [0, 0.05) is 29.6 Å². The number of carbonyl (C=O) groups is 2. The molecule has 0 radical (unpaired) electrons. The van der Waals surface area contributed by atoms with Crippen LogP contribution in [0.4, 0.5) is 5.69 Å². The summed E-state index contributed by atoms with van der Waals surface area (Å²) in [5.41, 5.74) is 1.79. The van der Waals surface area contributed by atoms with Crippen molar-refractivity contribution < 1.29 is 18.0 Å². The lowest BCUT2D eigenvalue weighted by atomic mass is 10.0. The van der Waals surface area contributed by atoms with Crippen molar-refractivity contribution in [1.29, 1.82) is 0 Å². The van der Waals surface area contributed by atoms with Crippen LogP contribution in [0.5, 0.6) is 0 Å². The number of halogens is 2. The Labute approximate surface area is 240 Å². The molecule has 0 fully saturated rings. The molecule has 0 aromatic heterocycles. The fraction of sp³-hybridized carbons (Fsp3) is 0.310. The molecule has 3 aromatic rings. The number of para-hydroxylation sites is 1. The maximum absolute atomic E-state index is 14.0. The van der Waals surface area contributed by atoms with Crippen molar-refractivity contribution in [3.8, 4) is 0 Å². The Bertz CT molecular complexity index is 1360. The first-order chi connectivity index (χ1) is 18.6. The molecule has 1 unspecified atom stereocenters. The van der Waals surface area contributed by atoms with E-state index in [2.05, 4.69) is 5.32 Å². The molecule has 0 aliphatic carbocycles. The summed E-state index contributed by atoms with van der Waals surface area (Å²) in [5, 5.41) is 3.72. The standard InChI is InChI=1S/C29H33Cl2N3O4S/c1-3-4-17-32-29(36)27(18-22-11-7-5-8-12-22)33(20-23-15-16-24(30)19-26(23)31)28(35)21-34(39(2,37)38)25-13-9-6-10-14-25/h5-16,19,27H,3-4,17-18,20-21H2,1-2H3,(H,32,36). The molecule has 0 aliphatic rings. The molecule has 1 N–H and O–H groups in total. The maximum atomic E-state index is 14.0. The van der Waals surface area contributed by atoms with Crippen LogP contribution in [0.1, 0.15) is 30.9 Å². The van der Waals surface area contributed by atoms with E-state index in [1.807, 2.05) is 37.3 Å². The third kappa shape index (κ3) is 8.98. The van der Waals surface area contributed by atoms with Gasteiger partial charge in [-0.1, -0.05) is 91.1 Å². The summed E-state index contributed by atoms with van der Waals surface area (Å²) in [6.45, 7) is 1.99. The molecule has 3 rings (SSSR count). The third-order valence-electron chi connectivity index (χ3n) is 6.18. The summed E-state index contributed by atoms with van der Waals surface area (Å²) in [6, 6.07) is 21.8.